The van der Waals surface area contributed by atoms with Crippen LogP contribution in [-0.4, -0.2) is 26.3 Å². The molecule has 0 bridgehead atoms. The van der Waals surface area contributed by atoms with Crippen LogP contribution in [0.5, 0.6) is 0 Å². The maximum Gasteiger partial charge on any atom is 0.123 e. The summed E-state index contributed by atoms with van der Waals surface area (Å²) < 4.78 is 18.8. The maximum atomic E-state index is 13.4. The quantitative estimate of drug-likeness (QED) is 0.632. The second-order valence-corrected chi connectivity index (χ2v) is 5.83. The lowest BCUT2D eigenvalue weighted by Crippen LogP contribution is -2.36. The van der Waals surface area contributed by atoms with E-state index in [0.717, 1.165) is 37.4 Å². The van der Waals surface area contributed by atoms with Crippen molar-refractivity contribution in [2.75, 3.05) is 31.2 Å². The molecule has 0 spiro atoms. The Bertz CT molecular complexity index is 802. The molecule has 1 heterocycles. The number of morpholine rings is 1. The molecule has 1 fully saturated rings. The molecule has 122 valence electrons. The molecule has 0 saturated carbocycles. The van der Waals surface area contributed by atoms with Crippen molar-refractivity contribution >= 4 is 17.3 Å². The van der Waals surface area contributed by atoms with Crippen molar-refractivity contribution in [1.29, 1.82) is 5.26 Å². The number of allylic oxidation sites excluding steroid dienone is 1. The molecular formula is C20H19FN2O. The summed E-state index contributed by atoms with van der Waals surface area (Å²) in [5.74, 6) is -0.340. The Morgan fingerprint density at radius 1 is 1.21 bits per heavy atom. The third kappa shape index (κ3) is 3.64. The number of hydrogen-bond acceptors (Lipinski definition) is 3. The molecule has 2 aromatic carbocycles. The summed E-state index contributed by atoms with van der Waals surface area (Å²) in [5.41, 5.74) is 4.33. The van der Waals surface area contributed by atoms with E-state index in [1.54, 1.807) is 18.2 Å². The van der Waals surface area contributed by atoms with Crippen LogP contribution in [0.15, 0.2) is 42.5 Å². The van der Waals surface area contributed by atoms with E-state index in [1.165, 1.54) is 17.8 Å². The van der Waals surface area contributed by atoms with E-state index < -0.39 is 0 Å². The average molecular weight is 322 g/mol. The van der Waals surface area contributed by atoms with E-state index in [4.69, 9.17) is 4.74 Å². The van der Waals surface area contributed by atoms with Crippen LogP contribution >= 0.6 is 0 Å². The molecule has 0 amide bonds. The maximum absolute atomic E-state index is 13.4. The molecule has 1 aliphatic heterocycles. The van der Waals surface area contributed by atoms with Crippen LogP contribution in [0.25, 0.3) is 11.6 Å². The van der Waals surface area contributed by atoms with Crippen molar-refractivity contribution in [2.24, 2.45) is 0 Å². The number of nitriles is 1. The van der Waals surface area contributed by atoms with E-state index in [2.05, 4.69) is 30.0 Å². The second-order valence-electron chi connectivity index (χ2n) is 5.83. The molecule has 0 radical (unpaired) electrons. The molecule has 2 aromatic rings. The summed E-state index contributed by atoms with van der Waals surface area (Å²) in [5, 5.41) is 9.40. The normalized spacial score (nSPS) is 15.2. The molecule has 0 atom stereocenters. The van der Waals surface area contributed by atoms with Crippen LogP contribution in [0.3, 0.4) is 0 Å². The van der Waals surface area contributed by atoms with Gasteiger partial charge in [-0.25, -0.2) is 4.39 Å². The Kier molecular flexibility index (Phi) is 4.93. The van der Waals surface area contributed by atoms with Crippen molar-refractivity contribution < 1.29 is 9.13 Å². The fourth-order valence-corrected chi connectivity index (χ4v) is 2.93. The second kappa shape index (κ2) is 7.29. The van der Waals surface area contributed by atoms with Crippen LogP contribution < -0.4 is 4.90 Å². The van der Waals surface area contributed by atoms with E-state index in [-0.39, 0.29) is 5.82 Å². The highest BCUT2D eigenvalue weighted by atomic mass is 19.1. The fourth-order valence-electron chi connectivity index (χ4n) is 2.93. The zero-order valence-corrected chi connectivity index (χ0v) is 13.6. The van der Waals surface area contributed by atoms with Gasteiger partial charge in [0.15, 0.2) is 0 Å². The number of anilines is 1. The summed E-state index contributed by atoms with van der Waals surface area (Å²) in [6, 6.07) is 14.4. The van der Waals surface area contributed by atoms with Gasteiger partial charge in [0.05, 0.1) is 24.9 Å². The molecule has 0 N–H and O–H groups in total. The van der Waals surface area contributed by atoms with Gasteiger partial charge < -0.3 is 9.64 Å². The van der Waals surface area contributed by atoms with Gasteiger partial charge in [-0.1, -0.05) is 18.2 Å². The van der Waals surface area contributed by atoms with Crippen molar-refractivity contribution in [3.8, 4) is 6.07 Å². The van der Waals surface area contributed by atoms with Crippen LogP contribution in [0, 0.1) is 24.1 Å². The highest BCUT2D eigenvalue weighted by molar-refractivity contribution is 5.89. The molecule has 0 aromatic heterocycles. The molecular weight excluding hydrogens is 303 g/mol. The van der Waals surface area contributed by atoms with Gasteiger partial charge >= 0.3 is 0 Å². The van der Waals surface area contributed by atoms with Gasteiger partial charge in [0.25, 0.3) is 0 Å². The van der Waals surface area contributed by atoms with E-state index in [0.29, 0.717) is 11.1 Å². The molecule has 3 nitrogen and oxygen atoms in total. The van der Waals surface area contributed by atoms with Gasteiger partial charge in [-0.05, 0) is 54.0 Å². The largest absolute Gasteiger partial charge is 0.378 e. The van der Waals surface area contributed by atoms with Crippen molar-refractivity contribution in [3.05, 3.63) is 65.0 Å². The summed E-state index contributed by atoms with van der Waals surface area (Å²) in [6.45, 7) is 5.35. The summed E-state index contributed by atoms with van der Waals surface area (Å²) in [4.78, 5) is 2.31. The molecule has 1 aliphatic rings. The summed E-state index contributed by atoms with van der Waals surface area (Å²) >= 11 is 0. The first kappa shape index (κ1) is 16.2. The van der Waals surface area contributed by atoms with Crippen LogP contribution in [0.4, 0.5) is 10.1 Å². The Labute approximate surface area is 141 Å². The van der Waals surface area contributed by atoms with E-state index >= 15 is 0 Å². The Morgan fingerprint density at radius 2 is 2.00 bits per heavy atom. The first-order valence-corrected chi connectivity index (χ1v) is 7.98. The SMILES string of the molecule is Cc1cc(/C=C(/C#N)c2cccc(F)c2)ccc1N1CCOCC1. The van der Waals surface area contributed by atoms with Crippen LogP contribution in [0.2, 0.25) is 0 Å². The van der Waals surface area contributed by atoms with Gasteiger partial charge in [-0.3, -0.25) is 0 Å². The number of halogens is 1. The van der Waals surface area contributed by atoms with Crippen LogP contribution in [-0.2, 0) is 4.74 Å². The fraction of sp³-hybridized carbons (Fsp3) is 0.250. The van der Waals surface area contributed by atoms with E-state index in [9.17, 15) is 9.65 Å². The molecule has 1 saturated heterocycles. The lowest BCUT2D eigenvalue weighted by molar-refractivity contribution is 0.122. The van der Waals surface area contributed by atoms with E-state index in [1.807, 2.05) is 6.07 Å². The summed E-state index contributed by atoms with van der Waals surface area (Å²) in [7, 11) is 0. The highest BCUT2D eigenvalue weighted by Gasteiger charge is 2.13. The Balaban J connectivity index is 1.89. The zero-order chi connectivity index (χ0) is 16.9. The molecule has 0 aliphatic carbocycles. The van der Waals surface area contributed by atoms with Crippen molar-refractivity contribution in [1.82, 2.24) is 0 Å². The van der Waals surface area contributed by atoms with Gasteiger partial charge in [-0.15, -0.1) is 0 Å². The molecule has 4 heteroatoms. The van der Waals surface area contributed by atoms with Gasteiger partial charge in [0.1, 0.15) is 5.82 Å². The zero-order valence-electron chi connectivity index (χ0n) is 13.6. The molecule has 24 heavy (non-hydrogen) atoms. The third-order valence-electron chi connectivity index (χ3n) is 4.14. The number of hydrogen-bond donors (Lipinski definition) is 0. The molecule has 0 unspecified atom stereocenters. The Hall–Kier alpha value is -2.64. The minimum absolute atomic E-state index is 0.340. The number of nitrogens with zero attached hydrogens (tertiary/aromatic N) is 2. The monoisotopic (exact) mass is 322 g/mol. The smallest absolute Gasteiger partial charge is 0.123 e. The topological polar surface area (TPSA) is 36.3 Å². The van der Waals surface area contributed by atoms with Crippen molar-refractivity contribution in [2.45, 2.75) is 6.92 Å². The van der Waals surface area contributed by atoms with Gasteiger partial charge in [0.2, 0.25) is 0 Å². The Morgan fingerprint density at radius 3 is 2.67 bits per heavy atom. The van der Waals surface area contributed by atoms with Gasteiger partial charge in [0, 0.05) is 18.8 Å². The minimum atomic E-state index is -0.340. The molecule has 3 rings (SSSR count). The van der Waals surface area contributed by atoms with Crippen molar-refractivity contribution in [3.63, 3.8) is 0 Å². The third-order valence-corrected chi connectivity index (χ3v) is 4.14. The summed E-state index contributed by atoms with van der Waals surface area (Å²) in [6.07, 6.45) is 1.80. The number of aryl methyl sites for hydroxylation is 1. The number of rotatable bonds is 3. The predicted molar refractivity (Wildman–Crippen MR) is 94.1 cm³/mol. The first-order valence-electron chi connectivity index (χ1n) is 7.98. The number of benzene rings is 2. The minimum Gasteiger partial charge on any atom is -0.378 e. The van der Waals surface area contributed by atoms with Gasteiger partial charge in [-0.2, -0.15) is 5.26 Å². The lowest BCUT2D eigenvalue weighted by atomic mass is 10.0. The highest BCUT2D eigenvalue weighted by Crippen LogP contribution is 2.25. The lowest BCUT2D eigenvalue weighted by Gasteiger charge is -2.30. The number of ether oxygens (including phenoxy) is 1. The first-order chi connectivity index (χ1) is 11.7. The average Bonchev–Trinajstić information content (AvgIpc) is 2.60. The van der Waals surface area contributed by atoms with Crippen LogP contribution in [0.1, 0.15) is 16.7 Å². The predicted octanol–water partition coefficient (Wildman–Crippen LogP) is 4.03. The standard InChI is InChI=1S/C20H19FN2O/c1-15-11-16(5-6-20(15)23-7-9-24-10-8-23)12-18(14-22)17-3-2-4-19(21)13-17/h2-6,11-13H,7-10H2,1H3/b18-12-.